The van der Waals surface area contributed by atoms with Crippen LogP contribution in [-0.2, 0) is 11.2 Å². The highest BCUT2D eigenvalue weighted by Gasteiger charge is 2.54. The Kier molecular flexibility index (Phi) is 5.97. The second-order valence-electron chi connectivity index (χ2n) is 10.6. The summed E-state index contributed by atoms with van der Waals surface area (Å²) in [6, 6.07) is 17.5. The first kappa shape index (κ1) is 23.0. The van der Waals surface area contributed by atoms with Crippen LogP contribution in [0.15, 0.2) is 48.5 Å². The van der Waals surface area contributed by atoms with Crippen molar-refractivity contribution in [2.75, 3.05) is 0 Å². The van der Waals surface area contributed by atoms with E-state index in [0.29, 0.717) is 11.2 Å². The highest BCUT2D eigenvalue weighted by atomic mass is 32.1. The van der Waals surface area contributed by atoms with Crippen molar-refractivity contribution in [3.05, 3.63) is 80.5 Å². The lowest BCUT2D eigenvalue weighted by molar-refractivity contribution is -0.134. The van der Waals surface area contributed by atoms with Gasteiger partial charge in [-0.05, 0) is 87.5 Å². The third-order valence-corrected chi connectivity index (χ3v) is 8.99. The van der Waals surface area contributed by atoms with Gasteiger partial charge in [-0.2, -0.15) is 0 Å². The molecule has 1 heterocycles. The number of carbonyl (C=O) groups excluding carboxylic acids is 2. The standard InChI is InChI=1S/C30H33NO2S/c1-18-6-5-7-24(12-18)23-10-8-22(9-11-23)13-27-20(3)34-21(4)28(27)29(33)31-26-16-30(17-26)14-25(15-30)19(2)32/h5-12,25-26H,13-17H2,1-4H3,(H,31,33). The van der Waals surface area contributed by atoms with E-state index in [-0.39, 0.29) is 17.9 Å². The summed E-state index contributed by atoms with van der Waals surface area (Å²) in [5.74, 6) is 0.636. The van der Waals surface area contributed by atoms with Gasteiger partial charge in [-0.3, -0.25) is 9.59 Å². The van der Waals surface area contributed by atoms with Crippen LogP contribution < -0.4 is 5.32 Å². The molecule has 0 unspecified atom stereocenters. The molecule has 2 aromatic carbocycles. The van der Waals surface area contributed by atoms with Gasteiger partial charge in [0.1, 0.15) is 5.78 Å². The molecule has 2 saturated carbocycles. The van der Waals surface area contributed by atoms with Crippen LogP contribution in [-0.4, -0.2) is 17.7 Å². The lowest BCUT2D eigenvalue weighted by Crippen LogP contribution is -2.57. The summed E-state index contributed by atoms with van der Waals surface area (Å²) >= 11 is 1.72. The van der Waals surface area contributed by atoms with E-state index in [1.54, 1.807) is 18.3 Å². The van der Waals surface area contributed by atoms with E-state index in [1.807, 2.05) is 0 Å². The van der Waals surface area contributed by atoms with Crippen molar-refractivity contribution in [1.29, 1.82) is 0 Å². The fourth-order valence-corrected chi connectivity index (χ4v) is 7.11. The van der Waals surface area contributed by atoms with Crippen LogP contribution in [0.1, 0.15) is 69.4 Å². The molecule has 0 radical (unpaired) electrons. The van der Waals surface area contributed by atoms with Crippen molar-refractivity contribution in [2.24, 2.45) is 11.3 Å². The minimum atomic E-state index is 0.0653. The van der Waals surface area contributed by atoms with Crippen molar-refractivity contribution < 1.29 is 9.59 Å². The summed E-state index contributed by atoms with van der Waals surface area (Å²) in [6.07, 6.45) is 4.81. The maximum Gasteiger partial charge on any atom is 0.252 e. The van der Waals surface area contributed by atoms with Gasteiger partial charge >= 0.3 is 0 Å². The maximum atomic E-state index is 13.3. The van der Waals surface area contributed by atoms with Gasteiger partial charge in [0.25, 0.3) is 5.91 Å². The highest BCUT2D eigenvalue weighted by molar-refractivity contribution is 7.12. The molecular formula is C30H33NO2S. The molecule has 0 atom stereocenters. The first-order valence-electron chi connectivity index (χ1n) is 12.3. The molecule has 4 heteroatoms. The molecule has 3 nitrogen and oxygen atoms in total. The number of hydrogen-bond donors (Lipinski definition) is 1. The van der Waals surface area contributed by atoms with Crippen molar-refractivity contribution in [3.8, 4) is 11.1 Å². The first-order chi connectivity index (χ1) is 16.2. The highest BCUT2D eigenvalue weighted by Crippen LogP contribution is 2.58. The van der Waals surface area contributed by atoms with Gasteiger partial charge in [-0.1, -0.05) is 54.1 Å². The predicted molar refractivity (Wildman–Crippen MR) is 140 cm³/mol. The number of ketones is 1. The molecule has 0 bridgehead atoms. The van der Waals surface area contributed by atoms with Crippen molar-refractivity contribution >= 4 is 23.0 Å². The van der Waals surface area contributed by atoms with Crippen molar-refractivity contribution in [1.82, 2.24) is 5.32 Å². The van der Waals surface area contributed by atoms with E-state index in [0.717, 1.165) is 48.1 Å². The maximum absolute atomic E-state index is 13.3. The number of nitrogens with one attached hydrogen (secondary N) is 1. The number of rotatable bonds is 6. The average molecular weight is 472 g/mol. The molecule has 5 rings (SSSR count). The Morgan fingerprint density at radius 3 is 2.29 bits per heavy atom. The Balaban J connectivity index is 1.26. The summed E-state index contributed by atoms with van der Waals surface area (Å²) < 4.78 is 0. The van der Waals surface area contributed by atoms with Gasteiger partial charge in [-0.25, -0.2) is 0 Å². The van der Waals surface area contributed by atoms with E-state index in [9.17, 15) is 9.59 Å². The average Bonchev–Trinajstić information content (AvgIpc) is 3.01. The molecule has 1 spiro atoms. The minimum absolute atomic E-state index is 0.0653. The van der Waals surface area contributed by atoms with E-state index in [4.69, 9.17) is 0 Å². The zero-order valence-electron chi connectivity index (χ0n) is 20.5. The number of hydrogen-bond acceptors (Lipinski definition) is 3. The summed E-state index contributed by atoms with van der Waals surface area (Å²) in [5.41, 5.74) is 7.25. The number of thiophene rings is 1. The van der Waals surface area contributed by atoms with Crippen molar-refractivity contribution in [2.45, 2.75) is 65.8 Å². The van der Waals surface area contributed by atoms with E-state index >= 15 is 0 Å². The smallest absolute Gasteiger partial charge is 0.252 e. The van der Waals surface area contributed by atoms with E-state index in [2.05, 4.69) is 74.6 Å². The zero-order valence-corrected chi connectivity index (χ0v) is 21.4. The van der Waals surface area contributed by atoms with Gasteiger partial charge in [0, 0.05) is 21.7 Å². The quantitative estimate of drug-likeness (QED) is 0.429. The van der Waals surface area contributed by atoms with Crippen LogP contribution >= 0.6 is 11.3 Å². The molecule has 3 aromatic rings. The summed E-state index contributed by atoms with van der Waals surface area (Å²) in [4.78, 5) is 27.2. The molecule has 1 amide bonds. The molecule has 176 valence electrons. The minimum Gasteiger partial charge on any atom is -0.349 e. The Morgan fingerprint density at radius 1 is 0.941 bits per heavy atom. The fraction of sp³-hybridized carbons (Fsp3) is 0.400. The normalized spacial score (nSPS) is 23.3. The summed E-state index contributed by atoms with van der Waals surface area (Å²) in [6.45, 7) is 8.00. The van der Waals surface area contributed by atoms with Gasteiger partial charge in [0.2, 0.25) is 0 Å². The number of benzene rings is 2. The van der Waals surface area contributed by atoms with Crippen LogP contribution in [0.2, 0.25) is 0 Å². The molecular weight excluding hydrogens is 438 g/mol. The third-order valence-electron chi connectivity index (χ3n) is 7.93. The monoisotopic (exact) mass is 471 g/mol. The van der Waals surface area contributed by atoms with Crippen molar-refractivity contribution in [3.63, 3.8) is 0 Å². The fourth-order valence-electron chi connectivity index (χ4n) is 6.04. The Labute approximate surface area is 206 Å². The Morgan fingerprint density at radius 2 is 1.65 bits per heavy atom. The van der Waals surface area contributed by atoms with Crippen LogP contribution in [0.25, 0.3) is 11.1 Å². The summed E-state index contributed by atoms with van der Waals surface area (Å²) in [5, 5.41) is 3.30. The number of carbonyl (C=O) groups is 2. The Bertz CT molecular complexity index is 1240. The first-order valence-corrected chi connectivity index (χ1v) is 13.1. The molecule has 2 aliphatic carbocycles. The number of Topliss-reactive ketones (excluding diaryl/α,β-unsaturated/α-hetero) is 1. The molecule has 0 aliphatic heterocycles. The SMILES string of the molecule is CC(=O)C1CC2(CC(NC(=O)c3c(C)sc(C)c3Cc3ccc(-c4cccc(C)c4)cc3)C2)C1. The van der Waals surface area contributed by atoms with Gasteiger partial charge in [0.05, 0.1) is 5.56 Å². The third kappa shape index (κ3) is 4.36. The van der Waals surface area contributed by atoms with Gasteiger partial charge < -0.3 is 5.32 Å². The van der Waals surface area contributed by atoms with Gasteiger partial charge in [0.15, 0.2) is 0 Å². The molecule has 1 aromatic heterocycles. The Hall–Kier alpha value is -2.72. The zero-order chi connectivity index (χ0) is 24.0. The largest absolute Gasteiger partial charge is 0.349 e. The van der Waals surface area contributed by atoms with Crippen LogP contribution in [0.4, 0.5) is 0 Å². The lowest BCUT2D eigenvalue weighted by Gasteiger charge is -2.57. The predicted octanol–water partition coefficient (Wildman–Crippen LogP) is 6.81. The van der Waals surface area contributed by atoms with Crippen LogP contribution in [0.3, 0.4) is 0 Å². The second-order valence-corrected chi connectivity index (χ2v) is 12.0. The van der Waals surface area contributed by atoms with Crippen LogP contribution in [0, 0.1) is 32.1 Å². The number of aryl methyl sites for hydroxylation is 3. The van der Waals surface area contributed by atoms with Gasteiger partial charge in [-0.15, -0.1) is 11.3 Å². The summed E-state index contributed by atoms with van der Waals surface area (Å²) in [7, 11) is 0. The molecule has 34 heavy (non-hydrogen) atoms. The lowest BCUT2D eigenvalue weighted by atomic mass is 9.49. The molecule has 2 fully saturated rings. The second kappa shape index (κ2) is 8.81. The topological polar surface area (TPSA) is 46.2 Å². The molecule has 2 aliphatic rings. The number of amides is 1. The molecule has 0 saturated heterocycles. The van der Waals surface area contributed by atoms with E-state index in [1.165, 1.54) is 27.1 Å². The van der Waals surface area contributed by atoms with Crippen LogP contribution in [0.5, 0.6) is 0 Å². The van der Waals surface area contributed by atoms with E-state index < -0.39 is 0 Å². The molecule has 1 N–H and O–H groups in total.